The van der Waals surface area contributed by atoms with Crippen LogP contribution in [-0.2, 0) is 20.9 Å². The number of fused-ring (bicyclic) bond motifs is 1. The second-order valence-electron chi connectivity index (χ2n) is 12.5. The molecular weight excluding hydrogens is 566 g/mol. The van der Waals surface area contributed by atoms with Crippen molar-refractivity contribution in [3.8, 4) is 0 Å². The SMILES string of the molecule is CC(=O)NC(CC(C)C)C(=O)N(CCCCCO)C1(C(=O)NC=Cc2c[nH]c3ccccc23)CCN(Cc2ccccc2)CC1. The summed E-state index contributed by atoms with van der Waals surface area (Å²) in [4.78, 5) is 48.3. The Hall–Kier alpha value is -3.95. The molecule has 9 nitrogen and oxygen atoms in total. The first-order valence-electron chi connectivity index (χ1n) is 16.2. The van der Waals surface area contributed by atoms with Crippen LogP contribution in [0.25, 0.3) is 17.0 Å². The summed E-state index contributed by atoms with van der Waals surface area (Å²) in [5, 5.41) is 16.4. The molecule has 45 heavy (non-hydrogen) atoms. The number of para-hydroxylation sites is 1. The molecular formula is C36H49N5O4. The van der Waals surface area contributed by atoms with Crippen LogP contribution in [0.5, 0.6) is 0 Å². The van der Waals surface area contributed by atoms with Crippen molar-refractivity contribution in [1.29, 1.82) is 0 Å². The number of likely N-dealkylation sites (tertiary alicyclic amines) is 1. The number of piperidine rings is 1. The van der Waals surface area contributed by atoms with Crippen molar-refractivity contribution in [2.45, 2.75) is 77.4 Å². The van der Waals surface area contributed by atoms with Gasteiger partial charge in [-0.05, 0) is 62.1 Å². The lowest BCUT2D eigenvalue weighted by Gasteiger charge is -2.48. The summed E-state index contributed by atoms with van der Waals surface area (Å²) in [6, 6.07) is 17.5. The standard InChI is InChI=1S/C36H49N5O4/c1-27(2)24-33(39-28(3)43)34(44)41(20-10-5-11-23-42)36(17-21-40(22-18-36)26-29-12-6-4-7-13-29)35(45)37-19-16-30-25-38-32-15-9-8-14-31(30)32/h4,6-9,12-16,19,25,27,33,38,42H,5,10-11,17-18,20-24,26H2,1-3H3,(H,37,45)(H,39,43). The van der Waals surface area contributed by atoms with Gasteiger partial charge in [0.25, 0.3) is 0 Å². The molecule has 2 heterocycles. The number of H-pyrrole nitrogens is 1. The van der Waals surface area contributed by atoms with Gasteiger partial charge in [0, 0.05) is 68.6 Å². The van der Waals surface area contributed by atoms with Crippen LogP contribution in [0.15, 0.2) is 67.0 Å². The average Bonchev–Trinajstić information content (AvgIpc) is 3.44. The molecule has 0 radical (unpaired) electrons. The number of nitrogens with one attached hydrogen (secondary N) is 3. The smallest absolute Gasteiger partial charge is 0.249 e. The molecule has 0 bridgehead atoms. The quantitative estimate of drug-likeness (QED) is 0.183. The number of benzene rings is 2. The molecule has 1 fully saturated rings. The Kier molecular flexibility index (Phi) is 12.4. The fourth-order valence-corrected chi connectivity index (χ4v) is 6.34. The Labute approximate surface area is 267 Å². The molecule has 1 aliphatic heterocycles. The van der Waals surface area contributed by atoms with Crippen molar-refractivity contribution in [2.24, 2.45) is 5.92 Å². The maximum atomic E-state index is 14.4. The Bertz CT molecular complexity index is 1430. The number of nitrogens with zero attached hydrogens (tertiary/aromatic N) is 2. The third-order valence-corrected chi connectivity index (χ3v) is 8.66. The van der Waals surface area contributed by atoms with Gasteiger partial charge >= 0.3 is 0 Å². The predicted octanol–water partition coefficient (Wildman–Crippen LogP) is 4.83. The van der Waals surface area contributed by atoms with E-state index in [2.05, 4.69) is 32.7 Å². The van der Waals surface area contributed by atoms with Crippen LogP contribution < -0.4 is 10.6 Å². The van der Waals surface area contributed by atoms with Gasteiger partial charge in [0.1, 0.15) is 11.6 Å². The third-order valence-electron chi connectivity index (χ3n) is 8.66. The highest BCUT2D eigenvalue weighted by molar-refractivity contribution is 5.95. The van der Waals surface area contributed by atoms with Gasteiger partial charge in [0.2, 0.25) is 17.7 Å². The van der Waals surface area contributed by atoms with Crippen molar-refractivity contribution >= 4 is 34.7 Å². The van der Waals surface area contributed by atoms with Gasteiger partial charge in [-0.1, -0.05) is 62.4 Å². The zero-order chi connectivity index (χ0) is 32.2. The molecule has 4 rings (SSSR count). The second kappa shape index (κ2) is 16.4. The summed E-state index contributed by atoms with van der Waals surface area (Å²) < 4.78 is 0. The van der Waals surface area contributed by atoms with E-state index in [-0.39, 0.29) is 30.2 Å². The number of amides is 3. The summed E-state index contributed by atoms with van der Waals surface area (Å²) in [5.74, 6) is -0.555. The number of carbonyl (C=O) groups is 3. The summed E-state index contributed by atoms with van der Waals surface area (Å²) in [6.07, 6.45) is 8.86. The zero-order valence-corrected chi connectivity index (χ0v) is 26.9. The minimum absolute atomic E-state index is 0.0779. The van der Waals surface area contributed by atoms with Gasteiger partial charge in [-0.25, -0.2) is 0 Å². The van der Waals surface area contributed by atoms with Crippen LogP contribution in [0, 0.1) is 5.92 Å². The molecule has 1 saturated heterocycles. The zero-order valence-electron chi connectivity index (χ0n) is 26.9. The largest absolute Gasteiger partial charge is 0.396 e. The van der Waals surface area contributed by atoms with E-state index in [4.69, 9.17) is 0 Å². The van der Waals surface area contributed by atoms with Crippen LogP contribution in [0.2, 0.25) is 0 Å². The summed E-state index contributed by atoms with van der Waals surface area (Å²) in [6.45, 7) is 7.96. The molecule has 1 aliphatic rings. The molecule has 2 aromatic carbocycles. The number of aliphatic hydroxyl groups excluding tert-OH is 1. The number of hydrogen-bond donors (Lipinski definition) is 4. The van der Waals surface area contributed by atoms with Crippen molar-refractivity contribution in [3.63, 3.8) is 0 Å². The van der Waals surface area contributed by atoms with Crippen molar-refractivity contribution in [2.75, 3.05) is 26.2 Å². The molecule has 0 saturated carbocycles. The Balaban J connectivity index is 1.64. The molecule has 242 valence electrons. The predicted molar refractivity (Wildman–Crippen MR) is 179 cm³/mol. The highest BCUT2D eigenvalue weighted by atomic mass is 16.3. The highest BCUT2D eigenvalue weighted by Crippen LogP contribution is 2.32. The van der Waals surface area contributed by atoms with Crippen molar-refractivity contribution < 1.29 is 19.5 Å². The molecule has 1 aromatic heterocycles. The van der Waals surface area contributed by atoms with E-state index in [0.717, 1.165) is 29.4 Å². The lowest BCUT2D eigenvalue weighted by molar-refractivity contribution is -0.153. The molecule has 1 atom stereocenters. The van der Waals surface area contributed by atoms with Gasteiger partial charge in [0.05, 0.1) is 0 Å². The van der Waals surface area contributed by atoms with Crippen LogP contribution in [-0.4, -0.2) is 75.4 Å². The van der Waals surface area contributed by atoms with E-state index in [1.165, 1.54) is 12.5 Å². The Morgan fingerprint density at radius 2 is 1.73 bits per heavy atom. The number of rotatable bonds is 15. The number of aromatic nitrogens is 1. The minimum Gasteiger partial charge on any atom is -0.396 e. The van der Waals surface area contributed by atoms with E-state index in [1.807, 2.05) is 68.6 Å². The van der Waals surface area contributed by atoms with Crippen LogP contribution in [0.3, 0.4) is 0 Å². The van der Waals surface area contributed by atoms with E-state index in [0.29, 0.717) is 51.7 Å². The molecule has 3 aromatic rings. The number of hydrogen-bond acceptors (Lipinski definition) is 5. The number of unbranched alkanes of at least 4 members (excludes halogenated alkanes) is 2. The third kappa shape index (κ3) is 9.05. The van der Waals surface area contributed by atoms with Crippen LogP contribution >= 0.6 is 0 Å². The topological polar surface area (TPSA) is 118 Å². The van der Waals surface area contributed by atoms with Gasteiger partial charge < -0.3 is 25.6 Å². The normalized spacial score (nSPS) is 15.8. The summed E-state index contributed by atoms with van der Waals surface area (Å²) in [5.41, 5.74) is 2.08. The first kappa shape index (κ1) is 33.9. The maximum absolute atomic E-state index is 14.4. The average molecular weight is 616 g/mol. The van der Waals surface area contributed by atoms with E-state index >= 15 is 0 Å². The number of aromatic amines is 1. The van der Waals surface area contributed by atoms with Crippen LogP contribution in [0.1, 0.15) is 70.4 Å². The minimum atomic E-state index is -1.10. The maximum Gasteiger partial charge on any atom is 0.249 e. The van der Waals surface area contributed by atoms with Gasteiger partial charge in [-0.15, -0.1) is 0 Å². The second-order valence-corrected chi connectivity index (χ2v) is 12.5. The van der Waals surface area contributed by atoms with Gasteiger partial charge in [0.15, 0.2) is 0 Å². The van der Waals surface area contributed by atoms with E-state index in [9.17, 15) is 19.5 Å². The summed E-state index contributed by atoms with van der Waals surface area (Å²) in [7, 11) is 0. The first-order chi connectivity index (χ1) is 21.7. The van der Waals surface area contributed by atoms with E-state index < -0.39 is 11.6 Å². The Morgan fingerprint density at radius 1 is 1.02 bits per heavy atom. The molecule has 1 unspecified atom stereocenters. The fourth-order valence-electron chi connectivity index (χ4n) is 6.34. The first-order valence-corrected chi connectivity index (χ1v) is 16.2. The highest BCUT2D eigenvalue weighted by Gasteiger charge is 2.49. The Morgan fingerprint density at radius 3 is 2.42 bits per heavy atom. The van der Waals surface area contributed by atoms with E-state index in [1.54, 1.807) is 11.1 Å². The lowest BCUT2D eigenvalue weighted by Crippen LogP contribution is -2.66. The summed E-state index contributed by atoms with van der Waals surface area (Å²) >= 11 is 0. The van der Waals surface area contributed by atoms with Crippen molar-refractivity contribution in [3.05, 3.63) is 78.1 Å². The van der Waals surface area contributed by atoms with Gasteiger partial charge in [-0.3, -0.25) is 19.3 Å². The number of aliphatic hydroxyl groups is 1. The van der Waals surface area contributed by atoms with Gasteiger partial charge in [-0.2, -0.15) is 0 Å². The molecule has 3 amide bonds. The number of carbonyl (C=O) groups excluding carboxylic acids is 3. The molecule has 9 heteroatoms. The molecule has 0 spiro atoms. The molecule has 4 N–H and O–H groups in total. The fraction of sp³-hybridized carbons (Fsp3) is 0.472. The molecule has 0 aliphatic carbocycles. The lowest BCUT2D eigenvalue weighted by atomic mass is 9.83. The van der Waals surface area contributed by atoms with Crippen molar-refractivity contribution in [1.82, 2.24) is 25.4 Å². The monoisotopic (exact) mass is 615 g/mol. The van der Waals surface area contributed by atoms with Crippen LogP contribution in [0.4, 0.5) is 0 Å².